The van der Waals surface area contributed by atoms with Gasteiger partial charge in [-0.1, -0.05) is 19.1 Å². The Kier molecular flexibility index (Phi) is 4.61. The van der Waals surface area contributed by atoms with Gasteiger partial charge in [-0.15, -0.1) is 0 Å². The zero-order valence-electron chi connectivity index (χ0n) is 11.5. The Morgan fingerprint density at radius 2 is 1.72 bits per heavy atom. The molecule has 0 aromatic heterocycles. The minimum atomic E-state index is 0.295. The second-order valence-corrected chi connectivity index (χ2v) is 5.42. The predicted octanol–water partition coefficient (Wildman–Crippen LogP) is 1.83. The van der Waals surface area contributed by atoms with Gasteiger partial charge in [0.2, 0.25) is 0 Å². The molecular formula is C15H24N2O. The van der Waals surface area contributed by atoms with Crippen molar-refractivity contribution in [3.8, 4) is 5.75 Å². The van der Waals surface area contributed by atoms with Crippen LogP contribution in [0, 0.1) is 5.41 Å². The molecular weight excluding hydrogens is 224 g/mol. The van der Waals surface area contributed by atoms with E-state index in [0.29, 0.717) is 5.41 Å². The lowest BCUT2D eigenvalue weighted by atomic mass is 9.83. The lowest BCUT2D eigenvalue weighted by Gasteiger charge is -2.28. The molecule has 100 valence electrons. The highest BCUT2D eigenvalue weighted by atomic mass is 16.5. The highest BCUT2D eigenvalue weighted by Gasteiger charge is 2.25. The highest BCUT2D eigenvalue weighted by Crippen LogP contribution is 2.23. The number of hydrogen-bond acceptors (Lipinski definition) is 3. The zero-order chi connectivity index (χ0) is 12.8. The standard InChI is InChI=1S/C15H24N2O/c1-3-18-14-6-4-13(5-7-14)10-15(2)11-16-8-9-17-12-15/h4-7,16-17H,3,8-12H2,1-2H3. The van der Waals surface area contributed by atoms with E-state index in [2.05, 4.69) is 41.8 Å². The van der Waals surface area contributed by atoms with Crippen LogP contribution in [0.2, 0.25) is 0 Å². The van der Waals surface area contributed by atoms with Crippen molar-refractivity contribution in [3.63, 3.8) is 0 Å². The van der Waals surface area contributed by atoms with Gasteiger partial charge >= 0.3 is 0 Å². The summed E-state index contributed by atoms with van der Waals surface area (Å²) in [6.07, 6.45) is 1.10. The zero-order valence-corrected chi connectivity index (χ0v) is 11.5. The van der Waals surface area contributed by atoms with E-state index in [1.807, 2.05) is 6.92 Å². The molecule has 0 saturated carbocycles. The first-order chi connectivity index (χ1) is 8.72. The van der Waals surface area contributed by atoms with Gasteiger partial charge in [0.05, 0.1) is 6.61 Å². The van der Waals surface area contributed by atoms with Crippen molar-refractivity contribution in [2.45, 2.75) is 20.3 Å². The van der Waals surface area contributed by atoms with E-state index < -0.39 is 0 Å². The third kappa shape index (κ3) is 3.72. The first-order valence-corrected chi connectivity index (χ1v) is 6.85. The average Bonchev–Trinajstić information content (AvgIpc) is 2.57. The summed E-state index contributed by atoms with van der Waals surface area (Å²) in [6, 6.07) is 8.50. The maximum absolute atomic E-state index is 5.47. The fraction of sp³-hybridized carbons (Fsp3) is 0.600. The average molecular weight is 248 g/mol. The molecule has 1 saturated heterocycles. The van der Waals surface area contributed by atoms with E-state index in [1.54, 1.807) is 0 Å². The molecule has 2 N–H and O–H groups in total. The molecule has 0 amide bonds. The molecule has 3 heteroatoms. The number of nitrogens with one attached hydrogen (secondary N) is 2. The Balaban J connectivity index is 1.98. The Morgan fingerprint density at radius 1 is 1.11 bits per heavy atom. The minimum Gasteiger partial charge on any atom is -0.494 e. The summed E-state index contributed by atoms with van der Waals surface area (Å²) in [5.41, 5.74) is 1.68. The molecule has 0 aliphatic carbocycles. The van der Waals surface area contributed by atoms with Crippen molar-refractivity contribution in [2.75, 3.05) is 32.8 Å². The third-order valence-corrected chi connectivity index (χ3v) is 3.45. The summed E-state index contributed by atoms with van der Waals surface area (Å²) >= 11 is 0. The van der Waals surface area contributed by atoms with Crippen LogP contribution >= 0.6 is 0 Å². The van der Waals surface area contributed by atoms with Crippen LogP contribution in [0.15, 0.2) is 24.3 Å². The van der Waals surface area contributed by atoms with E-state index in [1.165, 1.54) is 5.56 Å². The summed E-state index contributed by atoms with van der Waals surface area (Å²) < 4.78 is 5.47. The topological polar surface area (TPSA) is 33.3 Å². The van der Waals surface area contributed by atoms with Crippen molar-refractivity contribution in [1.82, 2.24) is 10.6 Å². The van der Waals surface area contributed by atoms with Crippen LogP contribution in [0.5, 0.6) is 5.75 Å². The Labute approximate surface area is 110 Å². The van der Waals surface area contributed by atoms with Crippen molar-refractivity contribution in [2.24, 2.45) is 5.41 Å². The Morgan fingerprint density at radius 3 is 2.28 bits per heavy atom. The minimum absolute atomic E-state index is 0.295. The van der Waals surface area contributed by atoms with Crippen LogP contribution in [-0.4, -0.2) is 32.8 Å². The van der Waals surface area contributed by atoms with Crippen molar-refractivity contribution in [3.05, 3.63) is 29.8 Å². The van der Waals surface area contributed by atoms with E-state index in [0.717, 1.165) is 45.0 Å². The molecule has 0 bridgehead atoms. The van der Waals surface area contributed by atoms with Gasteiger partial charge in [0, 0.05) is 26.2 Å². The molecule has 0 atom stereocenters. The number of hydrogen-bond donors (Lipinski definition) is 2. The quantitative estimate of drug-likeness (QED) is 0.853. The van der Waals surface area contributed by atoms with Crippen LogP contribution in [0.1, 0.15) is 19.4 Å². The molecule has 0 radical (unpaired) electrons. The lowest BCUT2D eigenvalue weighted by molar-refractivity contribution is 0.314. The molecule has 2 rings (SSSR count). The van der Waals surface area contributed by atoms with Crippen LogP contribution in [0.25, 0.3) is 0 Å². The summed E-state index contributed by atoms with van der Waals surface area (Å²) in [7, 11) is 0. The first-order valence-electron chi connectivity index (χ1n) is 6.85. The van der Waals surface area contributed by atoms with Crippen LogP contribution in [0.3, 0.4) is 0 Å². The Bertz CT molecular complexity index is 353. The normalized spacial score (nSPS) is 19.2. The molecule has 0 unspecified atom stereocenters. The SMILES string of the molecule is CCOc1ccc(CC2(C)CNCCNC2)cc1. The molecule has 1 aliphatic rings. The number of rotatable bonds is 4. The van der Waals surface area contributed by atoms with Gasteiger partial charge in [-0.3, -0.25) is 0 Å². The monoisotopic (exact) mass is 248 g/mol. The second kappa shape index (κ2) is 6.21. The van der Waals surface area contributed by atoms with Gasteiger partial charge in [0.25, 0.3) is 0 Å². The van der Waals surface area contributed by atoms with Crippen molar-refractivity contribution >= 4 is 0 Å². The maximum Gasteiger partial charge on any atom is 0.119 e. The summed E-state index contributed by atoms with van der Waals surface area (Å²) in [6.45, 7) is 9.37. The summed E-state index contributed by atoms with van der Waals surface area (Å²) in [4.78, 5) is 0. The van der Waals surface area contributed by atoms with E-state index in [-0.39, 0.29) is 0 Å². The molecule has 1 aromatic carbocycles. The maximum atomic E-state index is 5.47. The fourth-order valence-corrected chi connectivity index (χ4v) is 2.51. The molecule has 3 nitrogen and oxygen atoms in total. The van der Waals surface area contributed by atoms with Gasteiger partial charge in [-0.05, 0) is 36.5 Å². The second-order valence-electron chi connectivity index (χ2n) is 5.42. The molecule has 1 aliphatic heterocycles. The van der Waals surface area contributed by atoms with Gasteiger partial charge in [-0.2, -0.15) is 0 Å². The van der Waals surface area contributed by atoms with Gasteiger partial charge in [0.1, 0.15) is 5.75 Å². The lowest BCUT2D eigenvalue weighted by Crippen LogP contribution is -2.37. The molecule has 1 heterocycles. The Hall–Kier alpha value is -1.06. The molecule has 18 heavy (non-hydrogen) atoms. The third-order valence-electron chi connectivity index (χ3n) is 3.45. The van der Waals surface area contributed by atoms with Crippen LogP contribution in [-0.2, 0) is 6.42 Å². The van der Waals surface area contributed by atoms with Gasteiger partial charge in [-0.25, -0.2) is 0 Å². The first kappa shape index (κ1) is 13.4. The highest BCUT2D eigenvalue weighted by molar-refractivity contribution is 5.28. The summed E-state index contributed by atoms with van der Waals surface area (Å²) in [5.74, 6) is 0.962. The van der Waals surface area contributed by atoms with E-state index in [4.69, 9.17) is 4.74 Å². The van der Waals surface area contributed by atoms with Gasteiger partial charge < -0.3 is 15.4 Å². The largest absolute Gasteiger partial charge is 0.494 e. The van der Waals surface area contributed by atoms with E-state index in [9.17, 15) is 0 Å². The van der Waals surface area contributed by atoms with Gasteiger partial charge in [0.15, 0.2) is 0 Å². The molecule has 0 spiro atoms. The van der Waals surface area contributed by atoms with E-state index >= 15 is 0 Å². The number of benzene rings is 1. The van der Waals surface area contributed by atoms with Crippen LogP contribution in [0.4, 0.5) is 0 Å². The fourth-order valence-electron chi connectivity index (χ4n) is 2.51. The van der Waals surface area contributed by atoms with Crippen LogP contribution < -0.4 is 15.4 Å². The van der Waals surface area contributed by atoms with Crippen molar-refractivity contribution in [1.29, 1.82) is 0 Å². The predicted molar refractivity (Wildman–Crippen MR) is 75.2 cm³/mol. The smallest absolute Gasteiger partial charge is 0.119 e. The number of ether oxygens (including phenoxy) is 1. The van der Waals surface area contributed by atoms with Crippen molar-refractivity contribution < 1.29 is 4.74 Å². The molecule has 1 fully saturated rings. The summed E-state index contributed by atoms with van der Waals surface area (Å²) in [5, 5.41) is 7.01. The molecule has 1 aromatic rings.